The van der Waals surface area contributed by atoms with Crippen LogP contribution in [0.3, 0.4) is 0 Å². The van der Waals surface area contributed by atoms with Crippen LogP contribution in [0, 0.1) is 0 Å². The summed E-state index contributed by atoms with van der Waals surface area (Å²) in [6, 6.07) is 3.40. The van der Waals surface area contributed by atoms with Gasteiger partial charge in [0.05, 0.1) is 6.26 Å². The molecule has 3 heterocycles. The van der Waals surface area contributed by atoms with E-state index in [-0.39, 0.29) is 18.4 Å². The van der Waals surface area contributed by atoms with E-state index in [1.165, 1.54) is 6.26 Å². The number of piperazine rings is 1. The highest BCUT2D eigenvalue weighted by Gasteiger charge is 2.25. The number of hydrogen-bond acceptors (Lipinski definition) is 4. The first-order valence-electron chi connectivity index (χ1n) is 9.33. The number of likely N-dealkylation sites (tertiary alicyclic amines) is 1. The summed E-state index contributed by atoms with van der Waals surface area (Å²) in [6.07, 6.45) is 3.68. The minimum Gasteiger partial charge on any atom is -0.459 e. The molecule has 142 valence electrons. The Labute approximate surface area is 153 Å². The van der Waals surface area contributed by atoms with Crippen molar-refractivity contribution >= 4 is 17.8 Å². The maximum atomic E-state index is 12.3. The number of nitrogens with zero attached hydrogens (tertiary/aromatic N) is 4. The van der Waals surface area contributed by atoms with Crippen molar-refractivity contribution in [3.63, 3.8) is 0 Å². The van der Waals surface area contributed by atoms with Crippen LogP contribution in [0.25, 0.3) is 0 Å². The molecule has 3 rings (SSSR count). The zero-order chi connectivity index (χ0) is 18.4. The molecule has 0 unspecified atom stereocenters. The van der Waals surface area contributed by atoms with E-state index in [1.807, 2.05) is 11.8 Å². The van der Waals surface area contributed by atoms with Gasteiger partial charge in [-0.25, -0.2) is 4.99 Å². The van der Waals surface area contributed by atoms with Crippen molar-refractivity contribution in [3.8, 4) is 0 Å². The summed E-state index contributed by atoms with van der Waals surface area (Å²) in [6.45, 7) is 7.17. The number of aliphatic imine (C=N–C) groups is 1. The molecule has 0 atom stereocenters. The van der Waals surface area contributed by atoms with Gasteiger partial charge in [-0.1, -0.05) is 0 Å². The van der Waals surface area contributed by atoms with Gasteiger partial charge in [0.15, 0.2) is 11.7 Å². The molecular formula is C18H27N5O3. The van der Waals surface area contributed by atoms with Gasteiger partial charge in [0.25, 0.3) is 5.91 Å². The van der Waals surface area contributed by atoms with Crippen LogP contribution in [0.15, 0.2) is 27.8 Å². The monoisotopic (exact) mass is 361 g/mol. The van der Waals surface area contributed by atoms with Gasteiger partial charge in [-0.15, -0.1) is 0 Å². The van der Waals surface area contributed by atoms with Crippen molar-refractivity contribution in [2.75, 3.05) is 52.4 Å². The number of carbonyl (C=O) groups excluding carboxylic acids is 2. The van der Waals surface area contributed by atoms with E-state index in [2.05, 4.69) is 15.2 Å². The van der Waals surface area contributed by atoms with E-state index in [0.29, 0.717) is 31.9 Å². The summed E-state index contributed by atoms with van der Waals surface area (Å²) in [5, 5.41) is 3.25. The zero-order valence-corrected chi connectivity index (χ0v) is 15.3. The molecule has 0 radical (unpaired) electrons. The zero-order valence-electron chi connectivity index (χ0n) is 15.3. The molecule has 0 aromatic carbocycles. The first-order chi connectivity index (χ1) is 12.7. The van der Waals surface area contributed by atoms with Crippen molar-refractivity contribution < 1.29 is 14.0 Å². The fourth-order valence-electron chi connectivity index (χ4n) is 3.31. The summed E-state index contributed by atoms with van der Waals surface area (Å²) in [5.74, 6) is 1.12. The van der Waals surface area contributed by atoms with Gasteiger partial charge in [-0.2, -0.15) is 0 Å². The normalized spacial score (nSPS) is 18.3. The molecule has 2 aliphatic rings. The fourth-order valence-corrected chi connectivity index (χ4v) is 3.31. The van der Waals surface area contributed by atoms with E-state index in [0.717, 1.165) is 38.4 Å². The predicted octanol–water partition coefficient (Wildman–Crippen LogP) is 0.625. The summed E-state index contributed by atoms with van der Waals surface area (Å²) in [5.41, 5.74) is 0. The molecule has 1 aromatic rings. The Bertz CT molecular complexity index is 629. The van der Waals surface area contributed by atoms with E-state index < -0.39 is 0 Å². The summed E-state index contributed by atoms with van der Waals surface area (Å²) in [4.78, 5) is 34.9. The van der Waals surface area contributed by atoms with E-state index in [9.17, 15) is 9.59 Å². The second-order valence-corrected chi connectivity index (χ2v) is 6.51. The molecule has 26 heavy (non-hydrogen) atoms. The Balaban J connectivity index is 1.54. The van der Waals surface area contributed by atoms with E-state index in [1.54, 1.807) is 17.0 Å². The van der Waals surface area contributed by atoms with Gasteiger partial charge < -0.3 is 24.4 Å². The molecule has 2 saturated heterocycles. The molecule has 0 bridgehead atoms. The van der Waals surface area contributed by atoms with Crippen molar-refractivity contribution in [3.05, 3.63) is 24.2 Å². The Hall–Kier alpha value is -2.51. The smallest absolute Gasteiger partial charge is 0.289 e. The highest BCUT2D eigenvalue weighted by atomic mass is 16.3. The van der Waals surface area contributed by atoms with Crippen LogP contribution in [0.2, 0.25) is 0 Å². The predicted molar refractivity (Wildman–Crippen MR) is 98.0 cm³/mol. The van der Waals surface area contributed by atoms with Crippen molar-refractivity contribution in [2.45, 2.75) is 19.8 Å². The Morgan fingerprint density at radius 1 is 1.08 bits per heavy atom. The van der Waals surface area contributed by atoms with Crippen LogP contribution in [-0.4, -0.2) is 84.8 Å². The lowest BCUT2D eigenvalue weighted by atomic mass is 10.3. The Morgan fingerprint density at radius 2 is 1.77 bits per heavy atom. The minimum atomic E-state index is -0.0826. The Kier molecular flexibility index (Phi) is 6.14. The first-order valence-corrected chi connectivity index (χ1v) is 9.33. The van der Waals surface area contributed by atoms with Gasteiger partial charge in [0.2, 0.25) is 5.91 Å². The van der Waals surface area contributed by atoms with Crippen molar-refractivity contribution in [2.24, 2.45) is 4.99 Å². The number of rotatable bonds is 4. The molecule has 0 saturated carbocycles. The molecule has 0 aliphatic carbocycles. The number of amides is 2. The van der Waals surface area contributed by atoms with Gasteiger partial charge >= 0.3 is 0 Å². The lowest BCUT2D eigenvalue weighted by Gasteiger charge is -2.36. The first kappa shape index (κ1) is 18.3. The van der Waals surface area contributed by atoms with Gasteiger partial charge in [0, 0.05) is 45.8 Å². The lowest BCUT2D eigenvalue weighted by molar-refractivity contribution is -0.128. The maximum Gasteiger partial charge on any atom is 0.289 e. The fraction of sp³-hybridized carbons (Fsp3) is 0.611. The Morgan fingerprint density at radius 3 is 2.38 bits per heavy atom. The number of nitrogens with one attached hydrogen (secondary N) is 1. The molecule has 0 spiro atoms. The number of carbonyl (C=O) groups is 2. The highest BCUT2D eigenvalue weighted by molar-refractivity contribution is 5.91. The third-order valence-corrected chi connectivity index (χ3v) is 4.76. The number of guanidine groups is 1. The molecule has 2 aliphatic heterocycles. The molecule has 8 nitrogen and oxygen atoms in total. The topological polar surface area (TPSA) is 81.4 Å². The van der Waals surface area contributed by atoms with Gasteiger partial charge in [-0.3, -0.25) is 9.59 Å². The van der Waals surface area contributed by atoms with E-state index in [4.69, 9.17) is 4.42 Å². The highest BCUT2D eigenvalue weighted by Crippen LogP contribution is 2.10. The van der Waals surface area contributed by atoms with Crippen LogP contribution in [0.4, 0.5) is 0 Å². The lowest BCUT2D eigenvalue weighted by Crippen LogP contribution is -2.54. The molecule has 2 fully saturated rings. The SMILES string of the molecule is CCNC(=NCC(=O)N1CCCC1)N1CCN(C(=O)c2ccco2)CC1. The van der Waals surface area contributed by atoms with Crippen LogP contribution < -0.4 is 5.32 Å². The maximum absolute atomic E-state index is 12.3. The molecular weight excluding hydrogens is 334 g/mol. The second kappa shape index (κ2) is 8.73. The summed E-state index contributed by atoms with van der Waals surface area (Å²) < 4.78 is 5.19. The van der Waals surface area contributed by atoms with Crippen LogP contribution in [0.5, 0.6) is 0 Å². The second-order valence-electron chi connectivity index (χ2n) is 6.51. The summed E-state index contributed by atoms with van der Waals surface area (Å²) in [7, 11) is 0. The average Bonchev–Trinajstić information content (AvgIpc) is 3.38. The largest absolute Gasteiger partial charge is 0.459 e. The van der Waals surface area contributed by atoms with Crippen molar-refractivity contribution in [1.29, 1.82) is 0 Å². The van der Waals surface area contributed by atoms with E-state index >= 15 is 0 Å². The summed E-state index contributed by atoms with van der Waals surface area (Å²) >= 11 is 0. The standard InChI is InChI=1S/C18H27N5O3/c1-2-19-18(20-14-16(24)21-7-3-4-8-21)23-11-9-22(10-12-23)17(25)15-6-5-13-26-15/h5-6,13H,2-4,7-12,14H2,1H3,(H,19,20). The molecule has 1 aromatic heterocycles. The average molecular weight is 361 g/mol. The third kappa shape index (κ3) is 4.36. The molecule has 8 heteroatoms. The quantitative estimate of drug-likeness (QED) is 0.628. The van der Waals surface area contributed by atoms with Crippen LogP contribution in [-0.2, 0) is 4.79 Å². The van der Waals surface area contributed by atoms with Gasteiger partial charge in [0.1, 0.15) is 6.54 Å². The van der Waals surface area contributed by atoms with Crippen molar-refractivity contribution in [1.82, 2.24) is 20.0 Å². The molecule has 2 amide bonds. The van der Waals surface area contributed by atoms with Crippen LogP contribution >= 0.6 is 0 Å². The number of furan rings is 1. The molecule has 1 N–H and O–H groups in total. The minimum absolute atomic E-state index is 0.0826. The van der Waals surface area contributed by atoms with Gasteiger partial charge in [-0.05, 0) is 31.9 Å². The number of hydrogen-bond donors (Lipinski definition) is 1. The third-order valence-electron chi connectivity index (χ3n) is 4.76. The van der Waals surface area contributed by atoms with Crippen LogP contribution in [0.1, 0.15) is 30.3 Å².